The molecule has 1 aliphatic carbocycles. The summed E-state index contributed by atoms with van der Waals surface area (Å²) in [7, 11) is 1.55. The number of nitrogens with one attached hydrogen (secondary N) is 1. The summed E-state index contributed by atoms with van der Waals surface area (Å²) >= 11 is 7.48. The van der Waals surface area contributed by atoms with Crippen LogP contribution in [-0.4, -0.2) is 18.0 Å². The van der Waals surface area contributed by atoms with Crippen LogP contribution in [0, 0.1) is 5.92 Å². The second kappa shape index (κ2) is 7.60. The van der Waals surface area contributed by atoms with Crippen molar-refractivity contribution in [1.29, 1.82) is 0 Å². The van der Waals surface area contributed by atoms with Gasteiger partial charge < -0.3 is 15.8 Å². The molecule has 0 unspecified atom stereocenters. The van der Waals surface area contributed by atoms with E-state index in [1.54, 1.807) is 25.3 Å². The zero-order valence-corrected chi connectivity index (χ0v) is 17.4. The molecular formula is C21H22ClN3O2S. The number of hydrogen-bond donors (Lipinski definition) is 2. The van der Waals surface area contributed by atoms with Crippen LogP contribution in [0.25, 0.3) is 10.2 Å². The number of nitrogen functional groups attached to an aromatic ring is 1. The third-order valence-electron chi connectivity index (χ3n) is 5.38. The van der Waals surface area contributed by atoms with Gasteiger partial charge in [-0.3, -0.25) is 4.79 Å². The number of benzene rings is 1. The number of methoxy groups -OCH3 is 1. The highest BCUT2D eigenvalue weighted by molar-refractivity contribution is 7.21. The van der Waals surface area contributed by atoms with Crippen molar-refractivity contribution in [2.75, 3.05) is 18.2 Å². The summed E-state index contributed by atoms with van der Waals surface area (Å²) in [6, 6.07) is 7.25. The van der Waals surface area contributed by atoms with E-state index < -0.39 is 0 Å². The molecule has 2 heterocycles. The van der Waals surface area contributed by atoms with E-state index in [9.17, 15) is 4.79 Å². The Morgan fingerprint density at radius 3 is 2.96 bits per heavy atom. The van der Waals surface area contributed by atoms with Crippen molar-refractivity contribution in [1.82, 2.24) is 4.98 Å². The quantitative estimate of drug-likeness (QED) is 0.605. The Bertz CT molecular complexity index is 1060. The lowest BCUT2D eigenvalue weighted by Crippen LogP contribution is -2.14. The maximum absolute atomic E-state index is 12.8. The molecule has 0 aliphatic heterocycles. The van der Waals surface area contributed by atoms with Gasteiger partial charge in [-0.1, -0.05) is 24.9 Å². The number of fused-ring (bicyclic) bond motifs is 2. The molecule has 3 aromatic rings. The fourth-order valence-electron chi connectivity index (χ4n) is 3.71. The number of aromatic nitrogens is 1. The third kappa shape index (κ3) is 3.42. The molecule has 0 spiro atoms. The smallest absolute Gasteiger partial charge is 0.267 e. The minimum Gasteiger partial charge on any atom is -0.495 e. The van der Waals surface area contributed by atoms with E-state index in [2.05, 4.69) is 18.3 Å². The number of thiophene rings is 1. The van der Waals surface area contributed by atoms with Crippen LogP contribution < -0.4 is 15.8 Å². The summed E-state index contributed by atoms with van der Waals surface area (Å²) < 4.78 is 5.14. The molecule has 0 saturated heterocycles. The number of pyridine rings is 1. The predicted molar refractivity (Wildman–Crippen MR) is 116 cm³/mol. The van der Waals surface area contributed by atoms with E-state index >= 15 is 0 Å². The van der Waals surface area contributed by atoms with Crippen molar-refractivity contribution in [2.45, 2.75) is 32.6 Å². The summed E-state index contributed by atoms with van der Waals surface area (Å²) in [6.45, 7) is 2.23. The van der Waals surface area contributed by atoms with E-state index in [1.165, 1.54) is 29.7 Å². The average Bonchev–Trinajstić information content (AvgIpc) is 3.02. The number of halogens is 1. The van der Waals surface area contributed by atoms with Crippen LogP contribution in [-0.2, 0) is 12.8 Å². The number of nitrogens with zero attached hydrogens (tertiary/aromatic N) is 1. The van der Waals surface area contributed by atoms with E-state index in [4.69, 9.17) is 27.1 Å². The number of hydrogen-bond acceptors (Lipinski definition) is 5. The Morgan fingerprint density at radius 1 is 1.43 bits per heavy atom. The maximum Gasteiger partial charge on any atom is 0.267 e. The molecule has 1 atom stereocenters. The molecule has 0 bridgehead atoms. The molecule has 2 aromatic heterocycles. The van der Waals surface area contributed by atoms with Gasteiger partial charge in [-0.25, -0.2) is 4.98 Å². The Morgan fingerprint density at radius 2 is 2.25 bits per heavy atom. The summed E-state index contributed by atoms with van der Waals surface area (Å²) in [5.74, 6) is 1.00. The minimum atomic E-state index is -0.258. The first-order valence-electron chi connectivity index (χ1n) is 9.35. The zero-order valence-electron chi connectivity index (χ0n) is 15.8. The SMILES string of the molecule is CC[C@@H]1CCc2nc3sc(C(=O)Nc4ccc(OC)c(Cl)c4)c(N)c3cc2C1. The van der Waals surface area contributed by atoms with Gasteiger partial charge in [0.2, 0.25) is 0 Å². The molecule has 1 aromatic carbocycles. The van der Waals surface area contributed by atoms with Crippen LogP contribution in [0.4, 0.5) is 11.4 Å². The second-order valence-electron chi connectivity index (χ2n) is 7.11. The van der Waals surface area contributed by atoms with Gasteiger partial charge in [0.05, 0.1) is 17.8 Å². The van der Waals surface area contributed by atoms with Crippen molar-refractivity contribution >= 4 is 50.4 Å². The second-order valence-corrected chi connectivity index (χ2v) is 8.52. The third-order valence-corrected chi connectivity index (χ3v) is 6.79. The monoisotopic (exact) mass is 415 g/mol. The molecule has 0 fully saturated rings. The van der Waals surface area contributed by atoms with Crippen LogP contribution in [0.3, 0.4) is 0 Å². The fourth-order valence-corrected chi connectivity index (χ4v) is 4.96. The first kappa shape index (κ1) is 19.0. The highest BCUT2D eigenvalue weighted by Crippen LogP contribution is 2.37. The van der Waals surface area contributed by atoms with E-state index in [0.29, 0.717) is 32.9 Å². The molecule has 1 aliphatic rings. The number of carbonyl (C=O) groups excluding carboxylic acids is 1. The zero-order chi connectivity index (χ0) is 19.8. The molecule has 0 saturated carbocycles. The number of anilines is 2. The molecule has 7 heteroatoms. The van der Waals surface area contributed by atoms with Crippen molar-refractivity contribution < 1.29 is 9.53 Å². The maximum atomic E-state index is 12.8. The lowest BCUT2D eigenvalue weighted by molar-refractivity contribution is 0.103. The molecule has 3 N–H and O–H groups in total. The van der Waals surface area contributed by atoms with Crippen molar-refractivity contribution in [2.24, 2.45) is 5.92 Å². The predicted octanol–water partition coefficient (Wildman–Crippen LogP) is 5.31. The fraction of sp³-hybridized carbons (Fsp3) is 0.333. The molecule has 5 nitrogen and oxygen atoms in total. The number of nitrogens with two attached hydrogens (primary N) is 1. The van der Waals surface area contributed by atoms with E-state index in [0.717, 1.165) is 28.8 Å². The van der Waals surface area contributed by atoms with Gasteiger partial charge in [0.25, 0.3) is 5.91 Å². The van der Waals surface area contributed by atoms with Gasteiger partial charge in [0, 0.05) is 16.8 Å². The number of carbonyl (C=O) groups is 1. The Balaban J connectivity index is 1.64. The summed E-state index contributed by atoms with van der Waals surface area (Å²) in [6.07, 6.45) is 4.38. The Hall–Kier alpha value is -2.31. The molecule has 0 radical (unpaired) electrons. The lowest BCUT2D eigenvalue weighted by Gasteiger charge is -2.22. The Kier molecular flexibility index (Phi) is 5.17. The molecule has 4 rings (SSSR count). The molecular weight excluding hydrogens is 394 g/mol. The van der Waals surface area contributed by atoms with Crippen LogP contribution in [0.2, 0.25) is 5.02 Å². The average molecular weight is 416 g/mol. The largest absolute Gasteiger partial charge is 0.495 e. The van der Waals surface area contributed by atoms with E-state index in [1.807, 2.05) is 0 Å². The van der Waals surface area contributed by atoms with Gasteiger partial charge in [0.1, 0.15) is 15.5 Å². The Labute approximate surface area is 172 Å². The summed E-state index contributed by atoms with van der Waals surface area (Å²) in [5.41, 5.74) is 9.83. The standard InChI is InChI=1S/C21H22ClN3O2S/c1-3-11-4-6-16-12(8-11)9-14-18(23)19(28-21(14)25-16)20(26)24-13-5-7-17(27-2)15(22)10-13/h5,7,9-11H,3-4,6,8,23H2,1-2H3,(H,24,26)/t11-/m1/s1. The van der Waals surface area contributed by atoms with Gasteiger partial charge in [-0.2, -0.15) is 0 Å². The molecule has 146 valence electrons. The highest BCUT2D eigenvalue weighted by atomic mass is 35.5. The normalized spacial score (nSPS) is 16.0. The first-order chi connectivity index (χ1) is 13.5. The molecule has 28 heavy (non-hydrogen) atoms. The van der Waals surface area contributed by atoms with Gasteiger partial charge in [-0.05, 0) is 55.0 Å². The highest BCUT2D eigenvalue weighted by Gasteiger charge is 2.23. The van der Waals surface area contributed by atoms with Crippen molar-refractivity contribution in [3.63, 3.8) is 0 Å². The first-order valence-corrected chi connectivity index (χ1v) is 10.5. The van der Waals surface area contributed by atoms with Crippen LogP contribution in [0.15, 0.2) is 24.3 Å². The number of amides is 1. The summed E-state index contributed by atoms with van der Waals surface area (Å²) in [4.78, 5) is 18.9. The topological polar surface area (TPSA) is 77.2 Å². The van der Waals surface area contributed by atoms with Crippen LogP contribution >= 0.6 is 22.9 Å². The van der Waals surface area contributed by atoms with Gasteiger partial charge in [0.15, 0.2) is 0 Å². The van der Waals surface area contributed by atoms with Gasteiger partial charge in [-0.15, -0.1) is 11.3 Å². The number of rotatable bonds is 4. The minimum absolute atomic E-state index is 0.258. The van der Waals surface area contributed by atoms with Gasteiger partial charge >= 0.3 is 0 Å². The van der Waals surface area contributed by atoms with Crippen molar-refractivity contribution in [3.05, 3.63) is 45.4 Å². The van der Waals surface area contributed by atoms with Crippen LogP contribution in [0.5, 0.6) is 5.75 Å². The number of ether oxygens (including phenoxy) is 1. The van der Waals surface area contributed by atoms with Crippen LogP contribution in [0.1, 0.15) is 40.7 Å². The molecule has 1 amide bonds. The lowest BCUT2D eigenvalue weighted by atomic mass is 9.85. The van der Waals surface area contributed by atoms with E-state index in [-0.39, 0.29) is 5.91 Å². The summed E-state index contributed by atoms with van der Waals surface area (Å²) in [5, 5.41) is 4.17. The number of aryl methyl sites for hydroxylation is 1. The van der Waals surface area contributed by atoms with Crippen molar-refractivity contribution in [3.8, 4) is 5.75 Å².